The maximum atomic E-state index is 5.93. The molecule has 1 N–H and O–H groups in total. The van der Waals surface area contributed by atoms with Gasteiger partial charge in [0, 0.05) is 13.0 Å². The van der Waals surface area contributed by atoms with Crippen molar-refractivity contribution in [3.63, 3.8) is 0 Å². The zero-order valence-electron chi connectivity index (χ0n) is 12.4. The molecule has 0 radical (unpaired) electrons. The molecule has 1 heterocycles. The third kappa shape index (κ3) is 2.56. The van der Waals surface area contributed by atoms with E-state index >= 15 is 0 Å². The van der Waals surface area contributed by atoms with E-state index in [-0.39, 0.29) is 5.60 Å². The van der Waals surface area contributed by atoms with Crippen LogP contribution in [0.2, 0.25) is 0 Å². The molecule has 0 aromatic heterocycles. The van der Waals surface area contributed by atoms with Gasteiger partial charge in [-0.1, -0.05) is 30.3 Å². The minimum absolute atomic E-state index is 0.0718. The zero-order chi connectivity index (χ0) is 14.2. The fraction of sp³-hybridized carbons (Fsp3) is 0.333. The van der Waals surface area contributed by atoms with Gasteiger partial charge in [-0.25, -0.2) is 0 Å². The van der Waals surface area contributed by atoms with Crippen LogP contribution in [0, 0.1) is 0 Å². The Kier molecular flexibility index (Phi) is 3.27. The fourth-order valence-electron chi connectivity index (χ4n) is 2.81. The van der Waals surface area contributed by atoms with E-state index in [1.54, 1.807) is 0 Å². The fourth-order valence-corrected chi connectivity index (χ4v) is 2.81. The van der Waals surface area contributed by atoms with Crippen molar-refractivity contribution < 1.29 is 4.74 Å². The topological polar surface area (TPSA) is 21.3 Å². The molecule has 0 amide bonds. The number of hydrogen-bond donors (Lipinski definition) is 1. The van der Waals surface area contributed by atoms with E-state index in [0.29, 0.717) is 0 Å². The predicted molar refractivity (Wildman–Crippen MR) is 83.1 cm³/mol. The van der Waals surface area contributed by atoms with E-state index in [2.05, 4.69) is 61.6 Å². The summed E-state index contributed by atoms with van der Waals surface area (Å²) in [6, 6.07) is 15.2. The van der Waals surface area contributed by atoms with Gasteiger partial charge in [-0.2, -0.15) is 0 Å². The van der Waals surface area contributed by atoms with Crippen LogP contribution in [-0.2, 0) is 13.0 Å². The summed E-state index contributed by atoms with van der Waals surface area (Å²) in [5.74, 6) is 1.03. The average Bonchev–Trinajstić information content (AvgIpc) is 2.72. The summed E-state index contributed by atoms with van der Waals surface area (Å²) in [5, 5.41) is 3.17. The van der Waals surface area contributed by atoms with Gasteiger partial charge in [0.25, 0.3) is 0 Å². The van der Waals surface area contributed by atoms with Gasteiger partial charge in [0.15, 0.2) is 0 Å². The Bertz CT molecular complexity index is 614. The molecule has 2 heteroatoms. The number of fused-ring (bicyclic) bond motifs is 1. The molecule has 2 nitrogen and oxygen atoms in total. The first-order valence-electron chi connectivity index (χ1n) is 7.13. The van der Waals surface area contributed by atoms with Gasteiger partial charge in [0.05, 0.1) is 0 Å². The number of benzene rings is 2. The number of nitrogens with one attached hydrogen (secondary N) is 1. The molecule has 0 atom stereocenters. The summed E-state index contributed by atoms with van der Waals surface area (Å²) in [5.41, 5.74) is 5.07. The van der Waals surface area contributed by atoms with Gasteiger partial charge >= 0.3 is 0 Å². The SMILES string of the molecule is CNCc1ccc(-c2ccc3c(c2)CC(C)(C)O3)cc1. The van der Waals surface area contributed by atoms with E-state index in [9.17, 15) is 0 Å². The van der Waals surface area contributed by atoms with Crippen molar-refractivity contribution in [1.29, 1.82) is 0 Å². The molecule has 0 unspecified atom stereocenters. The zero-order valence-corrected chi connectivity index (χ0v) is 12.4. The van der Waals surface area contributed by atoms with Crippen molar-refractivity contribution >= 4 is 0 Å². The molecule has 1 aliphatic rings. The summed E-state index contributed by atoms with van der Waals surface area (Å²) >= 11 is 0. The Labute approximate surface area is 120 Å². The van der Waals surface area contributed by atoms with Crippen molar-refractivity contribution in [2.75, 3.05) is 7.05 Å². The lowest BCUT2D eigenvalue weighted by Gasteiger charge is -2.16. The second-order valence-electron chi connectivity index (χ2n) is 6.09. The maximum absolute atomic E-state index is 5.93. The molecule has 0 bridgehead atoms. The Balaban J connectivity index is 1.89. The summed E-state index contributed by atoms with van der Waals surface area (Å²) in [6.07, 6.45) is 0.980. The van der Waals surface area contributed by atoms with E-state index in [1.165, 1.54) is 22.3 Å². The van der Waals surface area contributed by atoms with Crippen LogP contribution >= 0.6 is 0 Å². The van der Waals surface area contributed by atoms with Crippen LogP contribution in [0.1, 0.15) is 25.0 Å². The molecule has 1 aliphatic heterocycles. The third-order valence-electron chi connectivity index (χ3n) is 3.73. The van der Waals surface area contributed by atoms with Crippen molar-refractivity contribution in [1.82, 2.24) is 5.32 Å². The van der Waals surface area contributed by atoms with E-state index in [4.69, 9.17) is 4.74 Å². The third-order valence-corrected chi connectivity index (χ3v) is 3.73. The van der Waals surface area contributed by atoms with Crippen LogP contribution in [0.25, 0.3) is 11.1 Å². The Morgan fingerprint density at radius 3 is 2.45 bits per heavy atom. The lowest BCUT2D eigenvalue weighted by molar-refractivity contribution is 0.138. The van der Waals surface area contributed by atoms with Gasteiger partial charge in [0.1, 0.15) is 11.4 Å². The number of rotatable bonds is 3. The van der Waals surface area contributed by atoms with E-state index in [0.717, 1.165) is 18.7 Å². The van der Waals surface area contributed by atoms with Crippen molar-refractivity contribution in [2.24, 2.45) is 0 Å². The molecule has 2 aromatic carbocycles. The minimum atomic E-state index is -0.0718. The first-order valence-corrected chi connectivity index (χ1v) is 7.13. The normalized spacial score (nSPS) is 15.8. The Morgan fingerprint density at radius 2 is 1.75 bits per heavy atom. The van der Waals surface area contributed by atoms with Crippen LogP contribution in [0.3, 0.4) is 0 Å². The van der Waals surface area contributed by atoms with Crippen LogP contribution < -0.4 is 10.1 Å². The quantitative estimate of drug-likeness (QED) is 0.913. The second kappa shape index (κ2) is 4.95. The van der Waals surface area contributed by atoms with Crippen molar-refractivity contribution in [3.8, 4) is 16.9 Å². The first-order chi connectivity index (χ1) is 9.57. The van der Waals surface area contributed by atoms with E-state index in [1.807, 2.05) is 7.05 Å². The maximum Gasteiger partial charge on any atom is 0.123 e. The lowest BCUT2D eigenvalue weighted by Crippen LogP contribution is -2.24. The van der Waals surface area contributed by atoms with Crippen molar-refractivity contribution in [3.05, 3.63) is 53.6 Å². The highest BCUT2D eigenvalue weighted by atomic mass is 16.5. The number of hydrogen-bond acceptors (Lipinski definition) is 2. The average molecular weight is 267 g/mol. The Hall–Kier alpha value is -1.80. The molecule has 0 fully saturated rings. The largest absolute Gasteiger partial charge is 0.487 e. The highest BCUT2D eigenvalue weighted by Gasteiger charge is 2.29. The predicted octanol–water partition coefficient (Wildman–Crippen LogP) is 3.79. The van der Waals surface area contributed by atoms with Gasteiger partial charge < -0.3 is 10.1 Å². The van der Waals surface area contributed by atoms with Crippen LogP contribution in [0.15, 0.2) is 42.5 Å². The second-order valence-corrected chi connectivity index (χ2v) is 6.09. The minimum Gasteiger partial charge on any atom is -0.487 e. The van der Waals surface area contributed by atoms with E-state index < -0.39 is 0 Å². The summed E-state index contributed by atoms with van der Waals surface area (Å²) < 4.78 is 5.93. The molecular weight excluding hydrogens is 246 g/mol. The van der Waals surface area contributed by atoms with Gasteiger partial charge in [-0.3, -0.25) is 0 Å². The molecule has 0 saturated carbocycles. The monoisotopic (exact) mass is 267 g/mol. The molecule has 0 saturated heterocycles. The van der Waals surface area contributed by atoms with Gasteiger partial charge in [0.2, 0.25) is 0 Å². The van der Waals surface area contributed by atoms with Crippen molar-refractivity contribution in [2.45, 2.75) is 32.4 Å². The smallest absolute Gasteiger partial charge is 0.123 e. The highest BCUT2D eigenvalue weighted by molar-refractivity contribution is 5.66. The molecule has 0 spiro atoms. The van der Waals surface area contributed by atoms with Crippen LogP contribution in [0.5, 0.6) is 5.75 Å². The summed E-state index contributed by atoms with van der Waals surface area (Å²) in [4.78, 5) is 0. The van der Waals surface area contributed by atoms with Crippen LogP contribution in [-0.4, -0.2) is 12.6 Å². The summed E-state index contributed by atoms with van der Waals surface area (Å²) in [6.45, 7) is 5.19. The molecule has 0 aliphatic carbocycles. The molecule has 2 aromatic rings. The first kappa shape index (κ1) is 13.2. The lowest BCUT2D eigenvalue weighted by atomic mass is 9.97. The van der Waals surface area contributed by atoms with Gasteiger partial charge in [-0.05, 0) is 55.3 Å². The summed E-state index contributed by atoms with van der Waals surface area (Å²) in [7, 11) is 1.97. The molecule has 20 heavy (non-hydrogen) atoms. The Morgan fingerprint density at radius 1 is 1.05 bits per heavy atom. The highest BCUT2D eigenvalue weighted by Crippen LogP contribution is 2.37. The molecular formula is C18H21NO. The molecule has 104 valence electrons. The molecule has 3 rings (SSSR count). The van der Waals surface area contributed by atoms with Gasteiger partial charge in [-0.15, -0.1) is 0 Å². The standard InChI is InChI=1S/C18H21NO/c1-18(2)11-16-10-15(8-9-17(16)20-18)14-6-4-13(5-7-14)12-19-3/h4-10,19H,11-12H2,1-3H3. The number of ether oxygens (including phenoxy) is 1. The van der Waals surface area contributed by atoms with Crippen LogP contribution in [0.4, 0.5) is 0 Å².